The van der Waals surface area contributed by atoms with Crippen LogP contribution in [0.25, 0.3) is 0 Å². The topological polar surface area (TPSA) is 39.4 Å². The number of rotatable bonds is 2. The first-order chi connectivity index (χ1) is 7.69. The fraction of sp³-hybridized carbons (Fsp3) is 0.273. The lowest BCUT2D eigenvalue weighted by Gasteiger charge is -2.19. The molecule has 0 unspecified atom stereocenters. The zero-order valence-electron chi connectivity index (χ0n) is 9.14. The molecule has 5 heteroatoms. The Morgan fingerprint density at radius 2 is 2.25 bits per heavy atom. The molecule has 0 N–H and O–H groups in total. The number of nitrogens with zero attached hydrogens (tertiary/aromatic N) is 3. The summed E-state index contributed by atoms with van der Waals surface area (Å²) >= 11 is 7.49. The summed E-state index contributed by atoms with van der Waals surface area (Å²) in [4.78, 5) is 5.63. The van der Waals surface area contributed by atoms with Crippen LogP contribution in [0, 0.1) is 11.5 Å². The highest BCUT2D eigenvalue weighted by atomic mass is 35.5. The molecule has 0 heterocycles. The molecule has 0 spiro atoms. The predicted molar refractivity (Wildman–Crippen MR) is 69.5 cm³/mol. The van der Waals surface area contributed by atoms with Crippen LogP contribution in [-0.4, -0.2) is 23.4 Å². The first kappa shape index (κ1) is 12.9. The highest BCUT2D eigenvalue weighted by Gasteiger charge is 2.07. The molecule has 0 radical (unpaired) electrons. The third-order valence-electron chi connectivity index (χ3n) is 2.02. The van der Waals surface area contributed by atoms with Crippen molar-refractivity contribution in [3.05, 3.63) is 34.9 Å². The first-order valence-corrected chi connectivity index (χ1v) is 6.24. The number of hydrogen-bond donors (Lipinski definition) is 0. The summed E-state index contributed by atoms with van der Waals surface area (Å²) in [6.45, 7) is 0.640. The summed E-state index contributed by atoms with van der Waals surface area (Å²) in [6, 6.07) is 7.65. The Bertz CT molecular complexity index is 425. The Morgan fingerprint density at radius 3 is 2.81 bits per heavy atom. The Balaban J connectivity index is 2.79. The monoisotopic (exact) mass is 253 g/mol. The van der Waals surface area contributed by atoms with Crippen molar-refractivity contribution in [3.63, 3.8) is 0 Å². The molecule has 84 valence electrons. The molecule has 0 aliphatic carbocycles. The van der Waals surface area contributed by atoms with Crippen molar-refractivity contribution in [1.82, 2.24) is 4.90 Å². The number of halogens is 1. The number of amidine groups is 1. The maximum Gasteiger partial charge on any atom is 0.208 e. The standard InChI is InChI=1S/C11H12ClN3S/c1-15(11(16-2)14-8-13)7-9-5-3-4-6-10(9)12/h3-6H,7H2,1-2H3. The molecule has 0 aliphatic heterocycles. The molecule has 0 aliphatic rings. The Labute approximate surface area is 105 Å². The van der Waals surface area contributed by atoms with Crippen molar-refractivity contribution >= 4 is 28.5 Å². The molecule has 1 rings (SSSR count). The van der Waals surface area contributed by atoms with E-state index in [2.05, 4.69) is 4.99 Å². The summed E-state index contributed by atoms with van der Waals surface area (Å²) in [7, 11) is 1.88. The summed E-state index contributed by atoms with van der Waals surface area (Å²) < 4.78 is 0. The number of thioether (sulfide) groups is 1. The normalized spacial score (nSPS) is 11.0. The average molecular weight is 254 g/mol. The quantitative estimate of drug-likeness (QED) is 0.462. The minimum atomic E-state index is 0.640. The van der Waals surface area contributed by atoms with Crippen LogP contribution in [0.3, 0.4) is 0 Å². The van der Waals surface area contributed by atoms with Crippen LogP contribution in [0.5, 0.6) is 0 Å². The number of nitriles is 1. The van der Waals surface area contributed by atoms with E-state index in [-0.39, 0.29) is 0 Å². The fourth-order valence-electron chi connectivity index (χ4n) is 1.28. The van der Waals surface area contributed by atoms with E-state index in [1.165, 1.54) is 11.8 Å². The van der Waals surface area contributed by atoms with Gasteiger partial charge in [0.15, 0.2) is 5.17 Å². The van der Waals surface area contributed by atoms with E-state index in [0.717, 1.165) is 10.6 Å². The third kappa shape index (κ3) is 3.44. The highest BCUT2D eigenvalue weighted by Crippen LogP contribution is 2.17. The van der Waals surface area contributed by atoms with Crippen LogP contribution in [0.2, 0.25) is 5.02 Å². The van der Waals surface area contributed by atoms with Crippen LogP contribution in [0.4, 0.5) is 0 Å². The van der Waals surface area contributed by atoms with Gasteiger partial charge in [0.2, 0.25) is 6.19 Å². The van der Waals surface area contributed by atoms with Gasteiger partial charge in [-0.25, -0.2) is 0 Å². The van der Waals surface area contributed by atoms with Crippen LogP contribution in [0.1, 0.15) is 5.56 Å². The summed E-state index contributed by atoms with van der Waals surface area (Å²) in [6.07, 6.45) is 3.68. The predicted octanol–water partition coefficient (Wildman–Crippen LogP) is 2.97. The number of aliphatic imine (C=N–C) groups is 1. The van der Waals surface area contributed by atoms with Crippen molar-refractivity contribution in [2.75, 3.05) is 13.3 Å². The van der Waals surface area contributed by atoms with Crippen molar-refractivity contribution in [2.45, 2.75) is 6.54 Å². The third-order valence-corrected chi connectivity index (χ3v) is 3.16. The molecule has 0 bridgehead atoms. The second-order valence-electron chi connectivity index (χ2n) is 3.15. The van der Waals surface area contributed by atoms with Gasteiger partial charge in [-0.05, 0) is 17.9 Å². The van der Waals surface area contributed by atoms with Gasteiger partial charge in [-0.1, -0.05) is 41.6 Å². The van der Waals surface area contributed by atoms with Gasteiger partial charge in [0.25, 0.3) is 0 Å². The van der Waals surface area contributed by atoms with Crippen molar-refractivity contribution < 1.29 is 0 Å². The van der Waals surface area contributed by atoms with E-state index in [1.807, 2.05) is 42.5 Å². The van der Waals surface area contributed by atoms with E-state index < -0.39 is 0 Å². The molecule has 1 aromatic rings. The van der Waals surface area contributed by atoms with Crippen molar-refractivity contribution in [2.24, 2.45) is 4.99 Å². The zero-order valence-corrected chi connectivity index (χ0v) is 10.7. The first-order valence-electron chi connectivity index (χ1n) is 4.64. The van der Waals surface area contributed by atoms with Crippen LogP contribution in [-0.2, 0) is 6.54 Å². The van der Waals surface area contributed by atoms with Gasteiger partial charge in [0.05, 0.1) is 0 Å². The van der Waals surface area contributed by atoms with E-state index in [9.17, 15) is 0 Å². The van der Waals surface area contributed by atoms with Gasteiger partial charge in [-0.2, -0.15) is 5.26 Å². The molecule has 0 aromatic heterocycles. The van der Waals surface area contributed by atoms with Crippen molar-refractivity contribution in [3.8, 4) is 6.19 Å². The smallest absolute Gasteiger partial charge is 0.208 e. The Hall–Kier alpha value is -1.18. The van der Waals surface area contributed by atoms with Crippen LogP contribution >= 0.6 is 23.4 Å². The lowest BCUT2D eigenvalue weighted by Crippen LogP contribution is -2.23. The second kappa shape index (κ2) is 6.41. The summed E-state index contributed by atoms with van der Waals surface area (Å²) in [5.74, 6) is 0. The fourth-order valence-corrected chi connectivity index (χ4v) is 1.98. The molecular weight excluding hydrogens is 242 g/mol. The molecule has 0 saturated carbocycles. The molecule has 0 saturated heterocycles. The molecular formula is C11H12ClN3S. The van der Waals surface area contributed by atoms with Crippen LogP contribution in [0.15, 0.2) is 29.3 Å². The van der Waals surface area contributed by atoms with Gasteiger partial charge in [0.1, 0.15) is 0 Å². The minimum Gasteiger partial charge on any atom is -0.349 e. The molecule has 0 amide bonds. The second-order valence-corrected chi connectivity index (χ2v) is 4.33. The van der Waals surface area contributed by atoms with E-state index in [1.54, 1.807) is 6.19 Å². The molecule has 0 atom stereocenters. The summed E-state index contributed by atoms with van der Waals surface area (Å²) in [5, 5.41) is 9.95. The molecule has 16 heavy (non-hydrogen) atoms. The minimum absolute atomic E-state index is 0.640. The zero-order chi connectivity index (χ0) is 12.0. The molecule has 1 aromatic carbocycles. The maximum absolute atomic E-state index is 8.53. The highest BCUT2D eigenvalue weighted by molar-refractivity contribution is 8.13. The number of benzene rings is 1. The maximum atomic E-state index is 8.53. The average Bonchev–Trinajstić information content (AvgIpc) is 2.29. The number of hydrogen-bond acceptors (Lipinski definition) is 3. The van der Waals surface area contributed by atoms with Crippen molar-refractivity contribution in [1.29, 1.82) is 5.26 Å². The molecule has 3 nitrogen and oxygen atoms in total. The van der Waals surface area contributed by atoms with E-state index in [4.69, 9.17) is 16.9 Å². The molecule has 0 fully saturated rings. The summed E-state index contributed by atoms with van der Waals surface area (Å²) in [5.41, 5.74) is 1.02. The van der Waals surface area contributed by atoms with Gasteiger partial charge >= 0.3 is 0 Å². The van der Waals surface area contributed by atoms with Gasteiger partial charge < -0.3 is 4.90 Å². The van der Waals surface area contributed by atoms with Crippen LogP contribution < -0.4 is 0 Å². The lowest BCUT2D eigenvalue weighted by atomic mass is 10.2. The van der Waals surface area contributed by atoms with E-state index >= 15 is 0 Å². The SMILES string of the molecule is CSC(=NC#N)N(C)Cc1ccccc1Cl. The van der Waals surface area contributed by atoms with Gasteiger partial charge in [-0.15, -0.1) is 4.99 Å². The van der Waals surface area contributed by atoms with Gasteiger partial charge in [0, 0.05) is 18.6 Å². The Kier molecular flexibility index (Phi) is 5.17. The van der Waals surface area contributed by atoms with Gasteiger partial charge in [-0.3, -0.25) is 0 Å². The Morgan fingerprint density at radius 1 is 1.56 bits per heavy atom. The largest absolute Gasteiger partial charge is 0.349 e. The van der Waals surface area contributed by atoms with E-state index in [0.29, 0.717) is 11.7 Å². The lowest BCUT2D eigenvalue weighted by molar-refractivity contribution is 0.511.